The summed E-state index contributed by atoms with van der Waals surface area (Å²) in [5, 5.41) is 6.26. The molecule has 1 aromatic carbocycles. The number of piperidine rings is 1. The average molecular weight is 357 g/mol. The predicted octanol–water partition coefficient (Wildman–Crippen LogP) is 3.05. The van der Waals surface area contributed by atoms with Crippen LogP contribution in [0.1, 0.15) is 45.6 Å². The van der Waals surface area contributed by atoms with Gasteiger partial charge in [-0.25, -0.2) is 0 Å². The quantitative estimate of drug-likeness (QED) is 0.608. The zero-order valence-electron chi connectivity index (χ0n) is 16.3. The molecule has 0 aliphatic carbocycles. The molecule has 1 aliphatic rings. The lowest BCUT2D eigenvalue weighted by atomic mass is 10.0. The Bertz CT molecular complexity index is 612. The van der Waals surface area contributed by atoms with E-state index in [2.05, 4.69) is 57.8 Å². The fraction of sp³-hybridized carbons (Fsp3) is 0.524. The van der Waals surface area contributed by atoms with Crippen LogP contribution in [0.25, 0.3) is 6.08 Å². The number of amides is 1. The van der Waals surface area contributed by atoms with Gasteiger partial charge in [-0.1, -0.05) is 42.0 Å². The molecule has 1 amide bonds. The van der Waals surface area contributed by atoms with E-state index in [4.69, 9.17) is 0 Å². The van der Waals surface area contributed by atoms with Crippen LogP contribution < -0.4 is 10.6 Å². The Kier molecular flexibility index (Phi) is 8.19. The minimum Gasteiger partial charge on any atom is -0.357 e. The van der Waals surface area contributed by atoms with Crippen LogP contribution in [0.5, 0.6) is 0 Å². The molecular weight excluding hydrogens is 324 g/mol. The number of guanidine groups is 1. The summed E-state index contributed by atoms with van der Waals surface area (Å²) in [6.45, 7) is 9.29. The Labute approximate surface area is 157 Å². The molecular formula is C21H32N4O. The van der Waals surface area contributed by atoms with Crippen LogP contribution in [0.15, 0.2) is 40.9 Å². The van der Waals surface area contributed by atoms with Crippen LogP contribution in [0.3, 0.4) is 0 Å². The highest BCUT2D eigenvalue weighted by atomic mass is 16.1. The van der Waals surface area contributed by atoms with Gasteiger partial charge in [0, 0.05) is 32.1 Å². The highest BCUT2D eigenvalue weighted by molar-refractivity contribution is 5.81. The second-order valence-corrected chi connectivity index (χ2v) is 6.91. The van der Waals surface area contributed by atoms with E-state index in [-0.39, 0.29) is 11.9 Å². The van der Waals surface area contributed by atoms with Gasteiger partial charge in [-0.05, 0) is 39.2 Å². The van der Waals surface area contributed by atoms with Crippen LogP contribution >= 0.6 is 0 Å². The molecule has 2 rings (SSSR count). The van der Waals surface area contributed by atoms with E-state index in [0.717, 1.165) is 38.4 Å². The molecule has 2 N–H and O–H groups in total. The van der Waals surface area contributed by atoms with Crippen molar-refractivity contribution in [1.82, 2.24) is 15.5 Å². The first kappa shape index (κ1) is 20.0. The molecule has 1 aromatic rings. The minimum atomic E-state index is 0.0614. The van der Waals surface area contributed by atoms with E-state index in [9.17, 15) is 4.79 Å². The first-order valence-corrected chi connectivity index (χ1v) is 9.65. The predicted molar refractivity (Wildman–Crippen MR) is 109 cm³/mol. The third-order valence-corrected chi connectivity index (χ3v) is 4.26. The van der Waals surface area contributed by atoms with Crippen molar-refractivity contribution < 1.29 is 4.79 Å². The van der Waals surface area contributed by atoms with Gasteiger partial charge in [0.1, 0.15) is 0 Å². The molecule has 0 atom stereocenters. The van der Waals surface area contributed by atoms with Gasteiger partial charge in [-0.15, -0.1) is 0 Å². The number of nitrogens with one attached hydrogen (secondary N) is 2. The van der Waals surface area contributed by atoms with E-state index < -0.39 is 0 Å². The summed E-state index contributed by atoms with van der Waals surface area (Å²) in [6, 6.07) is 10.7. The zero-order valence-corrected chi connectivity index (χ0v) is 16.3. The molecule has 1 fully saturated rings. The monoisotopic (exact) mass is 356 g/mol. The molecule has 1 aliphatic heterocycles. The van der Waals surface area contributed by atoms with Gasteiger partial charge < -0.3 is 15.5 Å². The number of nitrogens with zero attached hydrogens (tertiary/aromatic N) is 2. The zero-order chi connectivity index (χ0) is 18.8. The van der Waals surface area contributed by atoms with Crippen LogP contribution in [0, 0.1) is 0 Å². The van der Waals surface area contributed by atoms with E-state index in [1.54, 1.807) is 0 Å². The molecule has 26 heavy (non-hydrogen) atoms. The Morgan fingerprint density at radius 1 is 1.23 bits per heavy atom. The Morgan fingerprint density at radius 3 is 2.54 bits per heavy atom. The van der Waals surface area contributed by atoms with Crippen LogP contribution in [-0.4, -0.2) is 49.0 Å². The van der Waals surface area contributed by atoms with Crippen molar-refractivity contribution in [3.63, 3.8) is 0 Å². The molecule has 1 heterocycles. The second kappa shape index (κ2) is 10.6. The molecule has 0 unspecified atom stereocenters. The second-order valence-electron chi connectivity index (χ2n) is 6.91. The van der Waals surface area contributed by atoms with Crippen LogP contribution in [-0.2, 0) is 4.79 Å². The third kappa shape index (κ3) is 6.90. The third-order valence-electron chi connectivity index (χ3n) is 4.26. The Hall–Kier alpha value is -2.30. The normalized spacial score (nSPS) is 15.2. The Balaban J connectivity index is 1.88. The number of aliphatic imine (C=N–C) groups is 1. The topological polar surface area (TPSA) is 56.7 Å². The first-order chi connectivity index (χ1) is 12.6. The molecule has 0 bridgehead atoms. The summed E-state index contributed by atoms with van der Waals surface area (Å²) < 4.78 is 0. The van der Waals surface area contributed by atoms with Crippen molar-refractivity contribution in [3.8, 4) is 0 Å². The van der Waals surface area contributed by atoms with E-state index in [0.29, 0.717) is 13.0 Å². The lowest BCUT2D eigenvalue weighted by Crippen LogP contribution is -2.44. The van der Waals surface area contributed by atoms with Crippen molar-refractivity contribution in [3.05, 3.63) is 41.5 Å². The number of carbonyl (C=O) groups is 1. The number of benzene rings is 1. The minimum absolute atomic E-state index is 0.0614. The highest BCUT2D eigenvalue weighted by Crippen LogP contribution is 2.19. The van der Waals surface area contributed by atoms with Gasteiger partial charge >= 0.3 is 0 Å². The van der Waals surface area contributed by atoms with Crippen molar-refractivity contribution in [2.24, 2.45) is 4.99 Å². The summed E-state index contributed by atoms with van der Waals surface area (Å²) in [5.74, 6) is 0.981. The van der Waals surface area contributed by atoms with Crippen molar-refractivity contribution >= 4 is 17.9 Å². The number of rotatable bonds is 6. The van der Waals surface area contributed by atoms with Gasteiger partial charge in [0.25, 0.3) is 0 Å². The lowest BCUT2D eigenvalue weighted by molar-refractivity contribution is -0.121. The molecule has 1 saturated heterocycles. The standard InChI is InChI=1S/C21H32N4O/c1-4-22-21(23-13-10-20(26)24-17(2)3)25-14-11-19(12-15-25)16-18-8-6-5-7-9-18/h5-9,16-17H,4,10-15H2,1-3H3,(H,22,23)(H,24,26). The molecule has 0 aromatic heterocycles. The molecule has 5 heteroatoms. The molecule has 0 radical (unpaired) electrons. The van der Waals surface area contributed by atoms with E-state index in [1.807, 2.05) is 19.9 Å². The summed E-state index contributed by atoms with van der Waals surface area (Å²) in [5.41, 5.74) is 2.76. The number of carbonyl (C=O) groups excluding carboxylic acids is 1. The maximum Gasteiger partial charge on any atom is 0.222 e. The summed E-state index contributed by atoms with van der Waals surface area (Å²) >= 11 is 0. The van der Waals surface area contributed by atoms with Gasteiger partial charge in [-0.2, -0.15) is 0 Å². The van der Waals surface area contributed by atoms with Gasteiger partial charge in [0.15, 0.2) is 5.96 Å². The van der Waals surface area contributed by atoms with Crippen molar-refractivity contribution in [2.75, 3.05) is 26.2 Å². The number of likely N-dealkylation sites (tertiary alicyclic amines) is 1. The molecule has 142 valence electrons. The average Bonchev–Trinajstić information content (AvgIpc) is 2.62. The molecule has 0 saturated carbocycles. The number of hydrogen-bond acceptors (Lipinski definition) is 2. The van der Waals surface area contributed by atoms with Crippen LogP contribution in [0.4, 0.5) is 0 Å². The summed E-state index contributed by atoms with van der Waals surface area (Å²) in [4.78, 5) is 18.7. The lowest BCUT2D eigenvalue weighted by Gasteiger charge is -2.31. The van der Waals surface area contributed by atoms with Crippen molar-refractivity contribution in [2.45, 2.75) is 46.1 Å². The summed E-state index contributed by atoms with van der Waals surface area (Å²) in [7, 11) is 0. The largest absolute Gasteiger partial charge is 0.357 e. The maximum atomic E-state index is 11.8. The first-order valence-electron chi connectivity index (χ1n) is 9.65. The van der Waals surface area contributed by atoms with Gasteiger partial charge in [0.2, 0.25) is 5.91 Å². The SMILES string of the molecule is CCNC(=NCCC(=O)NC(C)C)N1CCC(=Cc2ccccc2)CC1. The smallest absolute Gasteiger partial charge is 0.222 e. The Morgan fingerprint density at radius 2 is 1.92 bits per heavy atom. The fourth-order valence-electron chi connectivity index (χ4n) is 3.02. The van der Waals surface area contributed by atoms with Gasteiger partial charge in [0.05, 0.1) is 6.54 Å². The van der Waals surface area contributed by atoms with Crippen LogP contribution in [0.2, 0.25) is 0 Å². The van der Waals surface area contributed by atoms with E-state index >= 15 is 0 Å². The van der Waals surface area contributed by atoms with Gasteiger partial charge in [-0.3, -0.25) is 9.79 Å². The summed E-state index contributed by atoms with van der Waals surface area (Å²) in [6.07, 6.45) is 4.83. The van der Waals surface area contributed by atoms with Crippen molar-refractivity contribution in [1.29, 1.82) is 0 Å². The highest BCUT2D eigenvalue weighted by Gasteiger charge is 2.17. The maximum absolute atomic E-state index is 11.8. The van der Waals surface area contributed by atoms with E-state index in [1.165, 1.54) is 11.1 Å². The number of hydrogen-bond donors (Lipinski definition) is 2. The fourth-order valence-corrected chi connectivity index (χ4v) is 3.02. The molecule has 0 spiro atoms. The molecule has 5 nitrogen and oxygen atoms in total.